The highest BCUT2D eigenvalue weighted by Crippen LogP contribution is 2.76. The quantitative estimate of drug-likeness (QED) is 0.589. The summed E-state index contributed by atoms with van der Waals surface area (Å²) in [5.41, 5.74) is 1.56. The highest BCUT2D eigenvalue weighted by molar-refractivity contribution is 5.87. The maximum Gasteiger partial charge on any atom is 0.318 e. The lowest BCUT2D eigenvalue weighted by Crippen LogP contribution is -2.80. The van der Waals surface area contributed by atoms with Gasteiger partial charge in [-0.1, -0.05) is 29.8 Å². The molecule has 28 heavy (non-hydrogen) atoms. The number of hydrogen-bond donors (Lipinski definition) is 1. The minimum atomic E-state index is -1.40. The van der Waals surface area contributed by atoms with Crippen LogP contribution in [-0.4, -0.2) is 61.3 Å². The molecule has 5 aliphatic rings. The van der Waals surface area contributed by atoms with Crippen molar-refractivity contribution in [1.82, 2.24) is 4.90 Å². The molecular weight excluding hydrogens is 356 g/mol. The van der Waals surface area contributed by atoms with Gasteiger partial charge < -0.3 is 19.5 Å². The molecule has 6 nitrogen and oxygen atoms in total. The largest absolute Gasteiger partial charge is 0.468 e. The topological polar surface area (TPSA) is 62.2 Å². The summed E-state index contributed by atoms with van der Waals surface area (Å²) in [5.74, 6) is -1.66. The van der Waals surface area contributed by atoms with Gasteiger partial charge in [-0.15, -0.1) is 0 Å². The van der Waals surface area contributed by atoms with E-state index >= 15 is 0 Å². The number of carbonyl (C=O) groups is 1. The van der Waals surface area contributed by atoms with E-state index < -0.39 is 22.8 Å². The maximum absolute atomic E-state index is 13.7. The summed E-state index contributed by atoms with van der Waals surface area (Å²) >= 11 is 0. The number of fused-ring (bicyclic) bond motifs is 2. The Bertz CT molecular complexity index is 931. The van der Waals surface area contributed by atoms with Crippen molar-refractivity contribution in [2.45, 2.75) is 43.2 Å². The summed E-state index contributed by atoms with van der Waals surface area (Å²) in [5, 5.41) is 12.2. The van der Waals surface area contributed by atoms with Gasteiger partial charge in [0.15, 0.2) is 12.0 Å². The first kappa shape index (κ1) is 17.0. The third kappa shape index (κ3) is 1.39. The van der Waals surface area contributed by atoms with Gasteiger partial charge in [-0.05, 0) is 31.4 Å². The van der Waals surface area contributed by atoms with E-state index in [1.807, 2.05) is 24.1 Å². The highest BCUT2D eigenvalue weighted by Gasteiger charge is 2.88. The zero-order valence-electron chi connectivity index (χ0n) is 16.5. The number of anilines is 1. The first-order valence-electron chi connectivity index (χ1n) is 10.2. The molecule has 0 aromatic heterocycles. The molecule has 6 atom stereocenters. The van der Waals surface area contributed by atoms with Crippen LogP contribution in [0.25, 0.3) is 0 Å². The van der Waals surface area contributed by atoms with Gasteiger partial charge in [0.25, 0.3) is 0 Å². The van der Waals surface area contributed by atoms with Gasteiger partial charge in [0.05, 0.1) is 18.6 Å². The molecule has 6 heteroatoms. The Balaban J connectivity index is 1.78. The molecular formula is C22H26N2O4. The number of carbonyl (C=O) groups excluding carboxylic acids is 1. The number of esters is 1. The number of nitrogens with zero attached hydrogens (tertiary/aromatic N) is 2. The monoisotopic (exact) mass is 382 g/mol. The van der Waals surface area contributed by atoms with Crippen molar-refractivity contribution in [3.05, 3.63) is 41.5 Å². The number of aliphatic hydroxyl groups is 1. The van der Waals surface area contributed by atoms with Crippen LogP contribution < -0.4 is 4.90 Å². The molecule has 4 fully saturated rings. The summed E-state index contributed by atoms with van der Waals surface area (Å²) in [7, 11) is 3.43. The van der Waals surface area contributed by atoms with Crippen LogP contribution in [0.4, 0.5) is 5.69 Å². The van der Waals surface area contributed by atoms with Gasteiger partial charge in [0.1, 0.15) is 5.41 Å². The van der Waals surface area contributed by atoms with Crippen LogP contribution in [0.2, 0.25) is 0 Å². The molecule has 6 rings (SSSR count). The molecule has 0 unspecified atom stereocenters. The van der Waals surface area contributed by atoms with Gasteiger partial charge in [-0.2, -0.15) is 0 Å². The van der Waals surface area contributed by atoms with E-state index in [4.69, 9.17) is 9.47 Å². The average Bonchev–Trinajstić information content (AvgIpc) is 2.84. The Morgan fingerprint density at radius 3 is 2.93 bits per heavy atom. The summed E-state index contributed by atoms with van der Waals surface area (Å²) < 4.78 is 12.0. The molecule has 0 radical (unpaired) electrons. The third-order valence-corrected chi connectivity index (χ3v) is 8.50. The lowest BCUT2D eigenvalue weighted by molar-refractivity contribution is -0.287. The fourth-order valence-electron chi connectivity index (χ4n) is 7.58. The fraction of sp³-hybridized carbons (Fsp3) is 0.591. The number of hydrogen-bond acceptors (Lipinski definition) is 6. The van der Waals surface area contributed by atoms with E-state index in [0.29, 0.717) is 6.42 Å². The van der Waals surface area contributed by atoms with E-state index in [1.54, 1.807) is 0 Å². The second-order valence-electron chi connectivity index (χ2n) is 8.95. The second kappa shape index (κ2) is 4.99. The second-order valence-corrected chi connectivity index (χ2v) is 8.95. The first-order chi connectivity index (χ1) is 13.5. The summed E-state index contributed by atoms with van der Waals surface area (Å²) in [6.07, 6.45) is 3.01. The van der Waals surface area contributed by atoms with E-state index in [9.17, 15) is 9.90 Å². The average molecular weight is 382 g/mol. The fourth-order valence-corrected chi connectivity index (χ4v) is 7.58. The molecule has 1 aromatic carbocycles. The van der Waals surface area contributed by atoms with Crippen LogP contribution in [0.15, 0.2) is 35.9 Å². The SMILES string of the molecule is C/C=C1/CN2CC[C@]34c5ccccc5N(C)[C@H]5O[C@]3(O)[C@@H]2C[C@@H]1[C@]54C(=O)OC. The molecule has 4 heterocycles. The standard InChI is InChI=1S/C22H26N2O4/c1-4-13-12-24-10-9-20-14-7-5-6-8-16(14)23(2)18-21(20,19(25)27-3)15(13)11-17(24)22(20,26)28-18/h4-8,15,17-18,26H,9-12H2,1-3H3/b13-4-/t15-,17-,18-,20+,21+,22+/m0/s1. The number of rotatable bonds is 1. The van der Waals surface area contributed by atoms with Crippen LogP contribution in [0.5, 0.6) is 0 Å². The van der Waals surface area contributed by atoms with Crippen LogP contribution in [-0.2, 0) is 19.7 Å². The van der Waals surface area contributed by atoms with E-state index in [0.717, 1.165) is 30.8 Å². The lowest BCUT2D eigenvalue weighted by Gasteiger charge is -2.67. The molecule has 1 aliphatic carbocycles. The molecule has 148 valence electrons. The number of piperidine rings is 2. The zero-order chi connectivity index (χ0) is 19.5. The Labute approximate surface area is 164 Å². The first-order valence-corrected chi connectivity index (χ1v) is 10.2. The van der Waals surface area contributed by atoms with Crippen LogP contribution >= 0.6 is 0 Å². The smallest absolute Gasteiger partial charge is 0.318 e. The number of para-hydroxylation sites is 1. The van der Waals surface area contributed by atoms with Crippen molar-refractivity contribution in [3.63, 3.8) is 0 Å². The van der Waals surface area contributed by atoms with Crippen molar-refractivity contribution in [2.75, 3.05) is 32.1 Å². The van der Waals surface area contributed by atoms with Crippen molar-refractivity contribution in [1.29, 1.82) is 0 Å². The number of benzene rings is 1. The number of ether oxygens (including phenoxy) is 2. The highest BCUT2D eigenvalue weighted by atomic mass is 16.7. The lowest BCUT2D eigenvalue weighted by atomic mass is 9.41. The van der Waals surface area contributed by atoms with Gasteiger partial charge in [-0.25, -0.2) is 0 Å². The maximum atomic E-state index is 13.7. The van der Waals surface area contributed by atoms with Gasteiger partial charge >= 0.3 is 5.97 Å². The van der Waals surface area contributed by atoms with Crippen molar-refractivity contribution >= 4 is 11.7 Å². The van der Waals surface area contributed by atoms with Gasteiger partial charge in [0.2, 0.25) is 0 Å². The molecule has 1 spiro atoms. The minimum Gasteiger partial charge on any atom is -0.468 e. The van der Waals surface area contributed by atoms with Crippen LogP contribution in [0, 0.1) is 11.3 Å². The number of methoxy groups -OCH3 is 1. The molecule has 1 saturated carbocycles. The Kier molecular flexibility index (Phi) is 3.03. The summed E-state index contributed by atoms with van der Waals surface area (Å²) in [6.45, 7) is 3.67. The van der Waals surface area contributed by atoms with Crippen molar-refractivity contribution in [3.8, 4) is 0 Å². The molecule has 1 aromatic rings. The van der Waals surface area contributed by atoms with Crippen molar-refractivity contribution < 1.29 is 19.4 Å². The molecule has 4 aliphatic heterocycles. The molecule has 6 bridgehead atoms. The van der Waals surface area contributed by atoms with Gasteiger partial charge in [0, 0.05) is 31.7 Å². The third-order valence-electron chi connectivity index (χ3n) is 8.50. The summed E-state index contributed by atoms with van der Waals surface area (Å²) in [4.78, 5) is 18.1. The molecule has 0 amide bonds. The van der Waals surface area contributed by atoms with Crippen LogP contribution in [0.1, 0.15) is 25.3 Å². The normalized spacial score (nSPS) is 46.6. The van der Waals surface area contributed by atoms with E-state index in [2.05, 4.69) is 30.0 Å². The minimum absolute atomic E-state index is 0.00455. The van der Waals surface area contributed by atoms with Gasteiger partial charge in [-0.3, -0.25) is 9.69 Å². The number of allylic oxidation sites excluding steroid dienone is 1. The van der Waals surface area contributed by atoms with Crippen LogP contribution in [0.3, 0.4) is 0 Å². The Hall–Kier alpha value is -1.89. The predicted octanol–water partition coefficient (Wildman–Crippen LogP) is 1.63. The van der Waals surface area contributed by atoms with E-state index in [-0.39, 0.29) is 17.9 Å². The molecule has 1 N–H and O–H groups in total. The van der Waals surface area contributed by atoms with Crippen molar-refractivity contribution in [2.24, 2.45) is 11.3 Å². The Morgan fingerprint density at radius 2 is 2.18 bits per heavy atom. The molecule has 3 saturated heterocycles. The predicted molar refractivity (Wildman–Crippen MR) is 103 cm³/mol. The summed E-state index contributed by atoms with van der Waals surface area (Å²) in [6, 6.07) is 8.04. The zero-order valence-corrected chi connectivity index (χ0v) is 16.5. The van der Waals surface area contributed by atoms with E-state index in [1.165, 1.54) is 12.7 Å². The Morgan fingerprint density at radius 1 is 1.39 bits per heavy atom.